The highest BCUT2D eigenvalue weighted by atomic mass is 19.4. The van der Waals surface area contributed by atoms with Crippen molar-refractivity contribution in [2.24, 2.45) is 0 Å². The summed E-state index contributed by atoms with van der Waals surface area (Å²) >= 11 is 0. The molecule has 1 aromatic carbocycles. The first-order valence-electron chi connectivity index (χ1n) is 4.43. The van der Waals surface area contributed by atoms with Gasteiger partial charge in [-0.3, -0.25) is 0 Å². The summed E-state index contributed by atoms with van der Waals surface area (Å²) in [5, 5.41) is 17.6. The van der Waals surface area contributed by atoms with Crippen LogP contribution < -0.4 is 4.74 Å². The standard InChI is InChI=1S/C10H9F3O4/c1-17-7-3-2-5(8(14)9(15)16)4-6(7)10(11,12)13/h2-4,8,14H,1H3,(H,15,16). The smallest absolute Gasteiger partial charge is 0.419 e. The molecule has 0 saturated heterocycles. The molecular weight excluding hydrogens is 241 g/mol. The van der Waals surface area contributed by atoms with E-state index >= 15 is 0 Å². The molecule has 0 heterocycles. The van der Waals surface area contributed by atoms with Crippen LogP contribution in [0.3, 0.4) is 0 Å². The van der Waals surface area contributed by atoms with E-state index in [9.17, 15) is 18.0 Å². The molecule has 0 spiro atoms. The summed E-state index contributed by atoms with van der Waals surface area (Å²) in [6.45, 7) is 0. The van der Waals surface area contributed by atoms with Gasteiger partial charge in [0.25, 0.3) is 0 Å². The zero-order valence-electron chi connectivity index (χ0n) is 8.65. The van der Waals surface area contributed by atoms with Gasteiger partial charge in [-0.15, -0.1) is 0 Å². The van der Waals surface area contributed by atoms with Crippen molar-refractivity contribution in [3.8, 4) is 5.75 Å². The lowest BCUT2D eigenvalue weighted by Crippen LogP contribution is -2.13. The Bertz CT molecular complexity index is 428. The summed E-state index contributed by atoms with van der Waals surface area (Å²) in [7, 11) is 1.07. The fourth-order valence-corrected chi connectivity index (χ4v) is 1.26. The Morgan fingerprint density at radius 3 is 2.41 bits per heavy atom. The van der Waals surface area contributed by atoms with E-state index in [0.29, 0.717) is 6.07 Å². The van der Waals surface area contributed by atoms with E-state index in [1.54, 1.807) is 0 Å². The maximum atomic E-state index is 12.6. The highest BCUT2D eigenvalue weighted by molar-refractivity contribution is 5.74. The van der Waals surface area contributed by atoms with Crippen LogP contribution in [0, 0.1) is 0 Å². The Morgan fingerprint density at radius 1 is 1.41 bits per heavy atom. The summed E-state index contributed by atoms with van der Waals surface area (Å²) in [5.41, 5.74) is -1.48. The molecule has 7 heteroatoms. The molecule has 0 amide bonds. The van der Waals surface area contributed by atoms with Crippen LogP contribution in [-0.2, 0) is 11.0 Å². The lowest BCUT2D eigenvalue weighted by Gasteiger charge is -2.14. The second-order valence-corrected chi connectivity index (χ2v) is 3.20. The highest BCUT2D eigenvalue weighted by Gasteiger charge is 2.35. The van der Waals surface area contributed by atoms with Crippen molar-refractivity contribution in [1.82, 2.24) is 0 Å². The largest absolute Gasteiger partial charge is 0.496 e. The predicted octanol–water partition coefficient (Wildman–Crippen LogP) is 1.83. The molecule has 1 unspecified atom stereocenters. The molecule has 0 aliphatic rings. The summed E-state index contributed by atoms with van der Waals surface area (Å²) < 4.78 is 42.2. The zero-order chi connectivity index (χ0) is 13.2. The average Bonchev–Trinajstić information content (AvgIpc) is 2.25. The van der Waals surface area contributed by atoms with E-state index in [0.717, 1.165) is 19.2 Å². The van der Waals surface area contributed by atoms with Crippen molar-refractivity contribution in [1.29, 1.82) is 0 Å². The lowest BCUT2D eigenvalue weighted by molar-refractivity contribution is -0.147. The number of aliphatic hydroxyl groups excluding tert-OH is 1. The molecular formula is C10H9F3O4. The minimum Gasteiger partial charge on any atom is -0.496 e. The van der Waals surface area contributed by atoms with Gasteiger partial charge in [-0.2, -0.15) is 13.2 Å². The van der Waals surface area contributed by atoms with Crippen molar-refractivity contribution < 1.29 is 32.9 Å². The van der Waals surface area contributed by atoms with Crippen LogP contribution in [0.4, 0.5) is 13.2 Å². The number of ether oxygens (including phenoxy) is 1. The Kier molecular flexibility index (Phi) is 3.62. The second-order valence-electron chi connectivity index (χ2n) is 3.20. The predicted molar refractivity (Wildman–Crippen MR) is 50.6 cm³/mol. The third-order valence-corrected chi connectivity index (χ3v) is 2.08. The molecule has 17 heavy (non-hydrogen) atoms. The van der Waals surface area contributed by atoms with Gasteiger partial charge in [-0.25, -0.2) is 4.79 Å². The lowest BCUT2D eigenvalue weighted by atomic mass is 10.0. The maximum Gasteiger partial charge on any atom is 0.419 e. The molecule has 94 valence electrons. The van der Waals surface area contributed by atoms with E-state index in [1.807, 2.05) is 0 Å². The van der Waals surface area contributed by atoms with E-state index in [-0.39, 0.29) is 5.56 Å². The van der Waals surface area contributed by atoms with Crippen LogP contribution in [0.1, 0.15) is 17.2 Å². The average molecular weight is 250 g/mol. The van der Waals surface area contributed by atoms with Crippen LogP contribution in [0.15, 0.2) is 18.2 Å². The number of carboxylic acid groups (broad SMARTS) is 1. The number of methoxy groups -OCH3 is 1. The third-order valence-electron chi connectivity index (χ3n) is 2.08. The number of rotatable bonds is 3. The first-order chi connectivity index (χ1) is 7.77. The Balaban J connectivity index is 3.27. The molecule has 4 nitrogen and oxygen atoms in total. The molecule has 0 fully saturated rings. The number of hydrogen-bond acceptors (Lipinski definition) is 3. The van der Waals surface area contributed by atoms with Gasteiger partial charge in [0.05, 0.1) is 12.7 Å². The van der Waals surface area contributed by atoms with E-state index in [2.05, 4.69) is 4.74 Å². The van der Waals surface area contributed by atoms with Crippen LogP contribution >= 0.6 is 0 Å². The van der Waals surface area contributed by atoms with Crippen molar-refractivity contribution >= 4 is 5.97 Å². The Labute approximate surface area is 94.3 Å². The van der Waals surface area contributed by atoms with E-state index in [1.165, 1.54) is 0 Å². The topological polar surface area (TPSA) is 66.8 Å². The van der Waals surface area contributed by atoms with Crippen molar-refractivity contribution in [3.63, 3.8) is 0 Å². The third kappa shape index (κ3) is 2.88. The molecule has 0 saturated carbocycles. The molecule has 1 aromatic rings. The molecule has 0 radical (unpaired) electrons. The summed E-state index contributed by atoms with van der Waals surface area (Å²) in [6.07, 6.45) is -6.68. The molecule has 0 bridgehead atoms. The van der Waals surface area contributed by atoms with Crippen molar-refractivity contribution in [2.75, 3.05) is 7.11 Å². The van der Waals surface area contributed by atoms with E-state index in [4.69, 9.17) is 10.2 Å². The maximum absolute atomic E-state index is 12.6. The number of carboxylic acids is 1. The minimum absolute atomic E-state index is 0.356. The fraction of sp³-hybridized carbons (Fsp3) is 0.300. The molecule has 0 aromatic heterocycles. The molecule has 0 aliphatic carbocycles. The number of hydrogen-bond donors (Lipinski definition) is 2. The highest BCUT2D eigenvalue weighted by Crippen LogP contribution is 2.37. The summed E-state index contributed by atoms with van der Waals surface area (Å²) in [5.74, 6) is -2.05. The molecule has 2 N–H and O–H groups in total. The van der Waals surface area contributed by atoms with Crippen LogP contribution in [0.25, 0.3) is 0 Å². The van der Waals surface area contributed by atoms with Crippen LogP contribution in [-0.4, -0.2) is 23.3 Å². The SMILES string of the molecule is COc1ccc(C(O)C(=O)O)cc1C(F)(F)F. The second kappa shape index (κ2) is 4.62. The first kappa shape index (κ1) is 13.3. The van der Waals surface area contributed by atoms with Crippen LogP contribution in [0.5, 0.6) is 5.75 Å². The summed E-state index contributed by atoms with van der Waals surface area (Å²) in [6, 6.07) is 2.58. The van der Waals surface area contributed by atoms with Gasteiger partial charge in [0.15, 0.2) is 6.10 Å². The molecule has 0 aliphatic heterocycles. The number of aliphatic carboxylic acids is 1. The van der Waals surface area contributed by atoms with Gasteiger partial charge in [-0.05, 0) is 17.7 Å². The van der Waals surface area contributed by atoms with E-state index < -0.39 is 29.6 Å². The van der Waals surface area contributed by atoms with Crippen molar-refractivity contribution in [3.05, 3.63) is 29.3 Å². The first-order valence-corrected chi connectivity index (χ1v) is 4.43. The number of alkyl halides is 3. The van der Waals surface area contributed by atoms with Gasteiger partial charge in [0, 0.05) is 0 Å². The minimum atomic E-state index is -4.68. The number of carbonyl (C=O) groups is 1. The number of benzene rings is 1. The Morgan fingerprint density at radius 2 is 2.00 bits per heavy atom. The van der Waals surface area contributed by atoms with Gasteiger partial charge in [0.1, 0.15) is 5.75 Å². The van der Waals surface area contributed by atoms with Gasteiger partial charge in [0.2, 0.25) is 0 Å². The zero-order valence-corrected chi connectivity index (χ0v) is 8.65. The summed E-state index contributed by atoms with van der Waals surface area (Å²) in [4.78, 5) is 10.5. The number of halogens is 3. The monoisotopic (exact) mass is 250 g/mol. The normalized spacial score (nSPS) is 13.2. The number of aliphatic hydroxyl groups is 1. The van der Waals surface area contributed by atoms with Crippen molar-refractivity contribution in [2.45, 2.75) is 12.3 Å². The van der Waals surface area contributed by atoms with Gasteiger partial charge < -0.3 is 14.9 Å². The quantitative estimate of drug-likeness (QED) is 0.858. The molecule has 1 atom stereocenters. The molecule has 1 rings (SSSR count). The van der Waals surface area contributed by atoms with Gasteiger partial charge >= 0.3 is 12.1 Å². The Hall–Kier alpha value is -1.76. The van der Waals surface area contributed by atoms with Crippen LogP contribution in [0.2, 0.25) is 0 Å². The fourth-order valence-electron chi connectivity index (χ4n) is 1.26. The van der Waals surface area contributed by atoms with Gasteiger partial charge in [-0.1, -0.05) is 6.07 Å².